The van der Waals surface area contributed by atoms with Crippen LogP contribution < -0.4 is 5.32 Å². The Morgan fingerprint density at radius 2 is 1.78 bits per heavy atom. The van der Waals surface area contributed by atoms with Crippen LogP contribution in [0.15, 0.2) is 18.2 Å². The van der Waals surface area contributed by atoms with Crippen molar-refractivity contribution in [1.29, 1.82) is 0 Å². The number of fused-ring (bicyclic) bond motifs is 1. The second kappa shape index (κ2) is 8.25. The number of rotatable bonds is 6. The van der Waals surface area contributed by atoms with Crippen LogP contribution in [0.4, 0.5) is 0 Å². The third-order valence-electron chi connectivity index (χ3n) is 7.23. The van der Waals surface area contributed by atoms with Crippen LogP contribution in [0.25, 0.3) is 0 Å². The number of benzene rings is 1. The Balaban J connectivity index is 1.79. The molecule has 2 aliphatic rings. The first-order valence-corrected chi connectivity index (χ1v) is 11.3. The molecule has 0 radical (unpaired) electrons. The van der Waals surface area contributed by atoms with E-state index in [0.717, 1.165) is 6.54 Å². The average Bonchev–Trinajstić information content (AvgIpc) is 2.62. The molecule has 1 unspecified atom stereocenters. The summed E-state index contributed by atoms with van der Waals surface area (Å²) < 4.78 is 0. The molecule has 1 N–H and O–H groups in total. The van der Waals surface area contributed by atoms with Gasteiger partial charge in [0, 0.05) is 25.7 Å². The summed E-state index contributed by atoms with van der Waals surface area (Å²) in [4.78, 5) is 2.66. The van der Waals surface area contributed by atoms with Gasteiger partial charge in [-0.1, -0.05) is 59.2 Å². The summed E-state index contributed by atoms with van der Waals surface area (Å²) in [5.74, 6) is 0.700. The van der Waals surface area contributed by atoms with Gasteiger partial charge in [-0.05, 0) is 72.6 Å². The summed E-state index contributed by atoms with van der Waals surface area (Å²) in [6.45, 7) is 19.2. The van der Waals surface area contributed by atoms with Crippen molar-refractivity contribution >= 4 is 0 Å². The lowest BCUT2D eigenvalue weighted by Crippen LogP contribution is -2.49. The number of piperazine rings is 1. The lowest BCUT2D eigenvalue weighted by atomic mass is 9.62. The molecule has 27 heavy (non-hydrogen) atoms. The van der Waals surface area contributed by atoms with Gasteiger partial charge in [0.15, 0.2) is 0 Å². The zero-order chi connectivity index (χ0) is 19.7. The van der Waals surface area contributed by atoms with E-state index in [2.05, 4.69) is 70.0 Å². The molecule has 2 atom stereocenters. The van der Waals surface area contributed by atoms with E-state index < -0.39 is 0 Å². The predicted octanol–water partition coefficient (Wildman–Crippen LogP) is 5.60. The molecule has 2 heteroatoms. The first-order valence-electron chi connectivity index (χ1n) is 11.3. The summed E-state index contributed by atoms with van der Waals surface area (Å²) in [5, 5.41) is 3.57. The van der Waals surface area contributed by atoms with Crippen molar-refractivity contribution in [3.8, 4) is 0 Å². The number of nitrogens with zero attached hydrogens (tertiary/aromatic N) is 1. The molecule has 1 aromatic rings. The van der Waals surface area contributed by atoms with E-state index >= 15 is 0 Å². The molecule has 0 aromatic heterocycles. The third kappa shape index (κ3) is 4.77. The highest BCUT2D eigenvalue weighted by atomic mass is 15.2. The number of hydrogen-bond acceptors (Lipinski definition) is 2. The molecule has 152 valence electrons. The number of hydrogen-bond donors (Lipinski definition) is 1. The Bertz CT molecular complexity index is 631. The van der Waals surface area contributed by atoms with Crippen LogP contribution in [0.2, 0.25) is 0 Å². The fourth-order valence-electron chi connectivity index (χ4n) is 5.24. The van der Waals surface area contributed by atoms with Crippen LogP contribution in [0.3, 0.4) is 0 Å². The van der Waals surface area contributed by atoms with Crippen molar-refractivity contribution in [2.24, 2.45) is 0 Å². The molecule has 1 fully saturated rings. The van der Waals surface area contributed by atoms with Crippen molar-refractivity contribution in [3.63, 3.8) is 0 Å². The second-order valence-corrected chi connectivity index (χ2v) is 10.5. The van der Waals surface area contributed by atoms with Gasteiger partial charge in [-0.3, -0.25) is 0 Å². The van der Waals surface area contributed by atoms with Gasteiger partial charge in [-0.2, -0.15) is 0 Å². The average molecular weight is 371 g/mol. The summed E-state index contributed by atoms with van der Waals surface area (Å²) in [7, 11) is 0. The molecule has 0 bridgehead atoms. The van der Waals surface area contributed by atoms with Crippen LogP contribution in [-0.2, 0) is 10.8 Å². The van der Waals surface area contributed by atoms with Crippen LogP contribution in [0.5, 0.6) is 0 Å². The smallest absolute Gasteiger partial charge is 0.0167 e. The van der Waals surface area contributed by atoms with E-state index in [1.165, 1.54) is 51.7 Å². The minimum absolute atomic E-state index is 0.311. The lowest BCUT2D eigenvalue weighted by molar-refractivity contribution is 0.199. The second-order valence-electron chi connectivity index (χ2n) is 10.5. The standard InChI is InChI=1S/C25H42N2/c1-7-8-20(11-15-27-16-14-26-19(2)18-27)21-9-10-22-23(17-21)25(5,6)13-12-24(22,3)4/h9-10,17,19-20,26H,7-8,11-16,18H2,1-6H3/t19-,20?/m0/s1. The fraction of sp³-hybridized carbons (Fsp3) is 0.760. The molecule has 1 saturated heterocycles. The quantitative estimate of drug-likeness (QED) is 0.701. The van der Waals surface area contributed by atoms with Crippen molar-refractivity contribution < 1.29 is 0 Å². The monoisotopic (exact) mass is 370 g/mol. The molecule has 1 aliphatic carbocycles. The fourth-order valence-corrected chi connectivity index (χ4v) is 5.24. The molecule has 0 spiro atoms. The highest BCUT2D eigenvalue weighted by Gasteiger charge is 2.37. The molecule has 0 saturated carbocycles. The minimum atomic E-state index is 0.311. The van der Waals surface area contributed by atoms with Crippen molar-refractivity contribution in [2.75, 3.05) is 26.2 Å². The third-order valence-corrected chi connectivity index (χ3v) is 7.23. The highest BCUT2D eigenvalue weighted by molar-refractivity contribution is 5.44. The van der Waals surface area contributed by atoms with Gasteiger partial charge in [0.05, 0.1) is 0 Å². The predicted molar refractivity (Wildman–Crippen MR) is 118 cm³/mol. The van der Waals surface area contributed by atoms with E-state index in [1.807, 2.05) is 0 Å². The molecule has 1 aromatic carbocycles. The van der Waals surface area contributed by atoms with E-state index in [4.69, 9.17) is 0 Å². The SMILES string of the molecule is CCCC(CCN1CCN[C@@H](C)C1)c1ccc2c(c1)C(C)(C)CCC2(C)C. The van der Waals surface area contributed by atoms with E-state index in [1.54, 1.807) is 16.7 Å². The van der Waals surface area contributed by atoms with Crippen molar-refractivity contribution in [1.82, 2.24) is 10.2 Å². The van der Waals surface area contributed by atoms with E-state index in [0.29, 0.717) is 22.8 Å². The Labute approximate surface area is 168 Å². The first kappa shape index (κ1) is 20.9. The van der Waals surface area contributed by atoms with E-state index in [9.17, 15) is 0 Å². The van der Waals surface area contributed by atoms with Crippen molar-refractivity contribution in [2.45, 2.75) is 96.4 Å². The van der Waals surface area contributed by atoms with Gasteiger partial charge in [0.1, 0.15) is 0 Å². The largest absolute Gasteiger partial charge is 0.312 e. The van der Waals surface area contributed by atoms with Crippen molar-refractivity contribution in [3.05, 3.63) is 34.9 Å². The highest BCUT2D eigenvalue weighted by Crippen LogP contribution is 2.46. The Morgan fingerprint density at radius 1 is 1.07 bits per heavy atom. The normalized spacial score (nSPS) is 25.8. The Kier molecular flexibility index (Phi) is 6.37. The molecular formula is C25H42N2. The maximum atomic E-state index is 3.57. The van der Waals surface area contributed by atoms with Crippen LogP contribution >= 0.6 is 0 Å². The van der Waals surface area contributed by atoms with Gasteiger partial charge in [0.25, 0.3) is 0 Å². The van der Waals surface area contributed by atoms with Gasteiger partial charge in [0.2, 0.25) is 0 Å². The van der Waals surface area contributed by atoms with Crippen LogP contribution in [-0.4, -0.2) is 37.1 Å². The molecule has 1 heterocycles. The van der Waals surface area contributed by atoms with Gasteiger partial charge >= 0.3 is 0 Å². The van der Waals surface area contributed by atoms with Gasteiger partial charge in [-0.25, -0.2) is 0 Å². The molecule has 2 nitrogen and oxygen atoms in total. The van der Waals surface area contributed by atoms with Gasteiger partial charge < -0.3 is 10.2 Å². The van der Waals surface area contributed by atoms with Crippen LogP contribution in [0, 0.1) is 0 Å². The lowest BCUT2D eigenvalue weighted by Gasteiger charge is -2.42. The maximum Gasteiger partial charge on any atom is 0.0167 e. The maximum absolute atomic E-state index is 3.57. The molecular weight excluding hydrogens is 328 g/mol. The Morgan fingerprint density at radius 3 is 2.44 bits per heavy atom. The zero-order valence-corrected chi connectivity index (χ0v) is 18.7. The molecule has 1 aliphatic heterocycles. The number of nitrogens with one attached hydrogen (secondary N) is 1. The van der Waals surface area contributed by atoms with E-state index in [-0.39, 0.29) is 0 Å². The summed E-state index contributed by atoms with van der Waals surface area (Å²) in [6.07, 6.45) is 6.47. The Hall–Kier alpha value is -0.860. The minimum Gasteiger partial charge on any atom is -0.312 e. The summed E-state index contributed by atoms with van der Waals surface area (Å²) in [6, 6.07) is 8.16. The molecule has 0 amide bonds. The summed E-state index contributed by atoms with van der Waals surface area (Å²) >= 11 is 0. The van der Waals surface area contributed by atoms with Gasteiger partial charge in [-0.15, -0.1) is 0 Å². The van der Waals surface area contributed by atoms with Crippen LogP contribution in [0.1, 0.15) is 96.3 Å². The first-order chi connectivity index (χ1) is 12.7. The zero-order valence-electron chi connectivity index (χ0n) is 18.7. The topological polar surface area (TPSA) is 15.3 Å². The molecule has 3 rings (SSSR count). The summed E-state index contributed by atoms with van der Waals surface area (Å²) in [5.41, 5.74) is 5.43.